The number of nitrogen functional groups attached to an aromatic ring is 1. The van der Waals surface area contributed by atoms with Crippen molar-refractivity contribution in [2.75, 3.05) is 10.5 Å². The van der Waals surface area contributed by atoms with Crippen LogP contribution in [0, 0.1) is 6.92 Å². The normalized spacial score (nSPS) is 11.4. The highest BCUT2D eigenvalue weighted by Crippen LogP contribution is 2.36. The van der Waals surface area contributed by atoms with Crippen molar-refractivity contribution >= 4 is 56.2 Å². The van der Waals surface area contributed by atoms with Crippen LogP contribution in [0.3, 0.4) is 0 Å². The third-order valence-corrected chi connectivity index (χ3v) is 5.48. The fraction of sp³-hybridized carbons (Fsp3) is 0.0769. The highest BCUT2D eigenvalue weighted by atomic mass is 35.5. The van der Waals surface area contributed by atoms with E-state index in [4.69, 9.17) is 40.5 Å². The zero-order valence-corrected chi connectivity index (χ0v) is 13.9. The molecule has 0 radical (unpaired) electrons. The summed E-state index contributed by atoms with van der Waals surface area (Å²) >= 11 is 18.0. The number of anilines is 2. The molecule has 3 N–H and O–H groups in total. The lowest BCUT2D eigenvalue weighted by molar-refractivity contribution is 0.601. The molecule has 0 aliphatic carbocycles. The largest absolute Gasteiger partial charge is 0.398 e. The maximum Gasteiger partial charge on any atom is 0.265 e. The van der Waals surface area contributed by atoms with Gasteiger partial charge in [0.15, 0.2) is 0 Å². The van der Waals surface area contributed by atoms with Crippen molar-refractivity contribution in [3.8, 4) is 0 Å². The predicted molar refractivity (Wildman–Crippen MR) is 87.9 cm³/mol. The molecule has 2 rings (SSSR count). The maximum atomic E-state index is 12.5. The summed E-state index contributed by atoms with van der Waals surface area (Å²) < 4.78 is 27.3. The van der Waals surface area contributed by atoms with E-state index < -0.39 is 10.0 Å². The van der Waals surface area contributed by atoms with E-state index in [0.717, 1.165) is 0 Å². The molecule has 0 atom stereocenters. The zero-order chi connectivity index (χ0) is 15.8. The third kappa shape index (κ3) is 3.21. The summed E-state index contributed by atoms with van der Waals surface area (Å²) in [5, 5.41) is 0.416. The third-order valence-electron chi connectivity index (χ3n) is 2.79. The van der Waals surface area contributed by atoms with Gasteiger partial charge in [0, 0.05) is 0 Å². The lowest BCUT2D eigenvalue weighted by Crippen LogP contribution is -2.16. The number of sulfonamides is 1. The minimum absolute atomic E-state index is 0.0161. The van der Waals surface area contributed by atoms with Gasteiger partial charge in [-0.3, -0.25) is 4.72 Å². The standard InChI is InChI=1S/C13H11Cl3N2O2S/c1-7-5-6-8(14)12(11(7)16)18-21(19,20)13-9(15)3-2-4-10(13)17/h2-6,18H,17H2,1H3. The molecule has 0 aliphatic heterocycles. The van der Waals surface area contributed by atoms with E-state index in [9.17, 15) is 8.42 Å². The Kier molecular flexibility index (Phi) is 4.58. The Hall–Kier alpha value is -1.14. The molecule has 0 fully saturated rings. The SMILES string of the molecule is Cc1ccc(Cl)c(NS(=O)(=O)c2c(N)cccc2Cl)c1Cl. The molecule has 0 saturated carbocycles. The molecule has 0 amide bonds. The molecule has 0 heterocycles. The van der Waals surface area contributed by atoms with Gasteiger partial charge in [0.25, 0.3) is 10.0 Å². The van der Waals surface area contributed by atoms with Crippen LogP contribution < -0.4 is 10.5 Å². The maximum absolute atomic E-state index is 12.5. The average molecular weight is 366 g/mol. The zero-order valence-electron chi connectivity index (χ0n) is 10.8. The number of hydrogen-bond donors (Lipinski definition) is 2. The number of benzene rings is 2. The summed E-state index contributed by atoms with van der Waals surface area (Å²) in [5.74, 6) is 0. The van der Waals surface area contributed by atoms with E-state index in [1.54, 1.807) is 25.1 Å². The van der Waals surface area contributed by atoms with E-state index in [2.05, 4.69) is 4.72 Å². The number of aryl methyl sites for hydroxylation is 1. The monoisotopic (exact) mass is 364 g/mol. The van der Waals surface area contributed by atoms with Crippen molar-refractivity contribution in [2.45, 2.75) is 11.8 Å². The number of rotatable bonds is 3. The first-order chi connectivity index (χ1) is 9.74. The van der Waals surface area contributed by atoms with E-state index in [1.165, 1.54) is 12.1 Å². The Bertz CT molecular complexity index is 787. The molecule has 0 aliphatic rings. The number of hydrogen-bond acceptors (Lipinski definition) is 3. The van der Waals surface area contributed by atoms with Crippen LogP contribution in [0.2, 0.25) is 15.1 Å². The Morgan fingerprint density at radius 3 is 2.33 bits per heavy atom. The molecular formula is C13H11Cl3N2O2S. The molecule has 0 bridgehead atoms. The van der Waals surface area contributed by atoms with Gasteiger partial charge in [0.1, 0.15) is 4.90 Å². The van der Waals surface area contributed by atoms with Gasteiger partial charge in [-0.2, -0.15) is 0 Å². The van der Waals surface area contributed by atoms with Crippen LogP contribution in [0.4, 0.5) is 11.4 Å². The first kappa shape index (κ1) is 16.2. The van der Waals surface area contributed by atoms with Crippen LogP contribution in [-0.4, -0.2) is 8.42 Å². The minimum Gasteiger partial charge on any atom is -0.398 e. The van der Waals surface area contributed by atoms with Gasteiger partial charge in [-0.15, -0.1) is 0 Å². The molecule has 112 valence electrons. The molecule has 2 aromatic rings. The number of nitrogens with two attached hydrogens (primary N) is 1. The van der Waals surface area contributed by atoms with Crippen molar-refractivity contribution in [3.05, 3.63) is 51.0 Å². The van der Waals surface area contributed by atoms with Gasteiger partial charge in [-0.1, -0.05) is 46.9 Å². The highest BCUT2D eigenvalue weighted by Gasteiger charge is 2.23. The van der Waals surface area contributed by atoms with Crippen molar-refractivity contribution in [1.29, 1.82) is 0 Å². The fourth-order valence-corrected chi connectivity index (χ4v) is 4.09. The molecule has 4 nitrogen and oxygen atoms in total. The predicted octanol–water partition coefficient (Wildman–Crippen LogP) is 4.34. The molecule has 2 aromatic carbocycles. The lowest BCUT2D eigenvalue weighted by atomic mass is 10.2. The van der Waals surface area contributed by atoms with Gasteiger partial charge in [0.05, 0.1) is 26.4 Å². The van der Waals surface area contributed by atoms with Gasteiger partial charge in [-0.25, -0.2) is 8.42 Å². The first-order valence-electron chi connectivity index (χ1n) is 5.75. The summed E-state index contributed by atoms with van der Waals surface area (Å²) in [4.78, 5) is -0.208. The van der Waals surface area contributed by atoms with Crippen molar-refractivity contribution in [1.82, 2.24) is 0 Å². The fourth-order valence-electron chi connectivity index (χ4n) is 1.74. The highest BCUT2D eigenvalue weighted by molar-refractivity contribution is 7.93. The van der Waals surface area contributed by atoms with Crippen LogP contribution in [0.15, 0.2) is 35.2 Å². The minimum atomic E-state index is -4.01. The first-order valence-corrected chi connectivity index (χ1v) is 8.37. The summed E-state index contributed by atoms with van der Waals surface area (Å²) in [6, 6.07) is 7.68. The van der Waals surface area contributed by atoms with Crippen LogP contribution in [0.1, 0.15) is 5.56 Å². The second kappa shape index (κ2) is 5.93. The summed E-state index contributed by atoms with van der Waals surface area (Å²) in [5.41, 5.74) is 6.52. The molecule has 0 spiro atoms. The topological polar surface area (TPSA) is 72.2 Å². The van der Waals surface area contributed by atoms with Gasteiger partial charge in [-0.05, 0) is 30.7 Å². The molecule has 8 heteroatoms. The summed E-state index contributed by atoms with van der Waals surface area (Å²) in [6.45, 7) is 1.74. The van der Waals surface area contributed by atoms with Crippen LogP contribution in [-0.2, 0) is 10.0 Å². The quantitative estimate of drug-likeness (QED) is 0.795. The van der Waals surface area contributed by atoms with Gasteiger partial charge >= 0.3 is 0 Å². The van der Waals surface area contributed by atoms with Gasteiger partial charge in [0.2, 0.25) is 0 Å². The summed E-state index contributed by atoms with van der Waals surface area (Å²) in [7, 11) is -4.01. The lowest BCUT2D eigenvalue weighted by Gasteiger charge is -2.14. The second-order valence-electron chi connectivity index (χ2n) is 4.32. The molecular weight excluding hydrogens is 355 g/mol. The number of nitrogens with one attached hydrogen (secondary N) is 1. The molecule has 0 aromatic heterocycles. The Morgan fingerprint density at radius 1 is 1.05 bits per heavy atom. The second-order valence-corrected chi connectivity index (χ2v) is 7.13. The van der Waals surface area contributed by atoms with E-state index in [0.29, 0.717) is 5.56 Å². The Labute approximate surface area is 137 Å². The van der Waals surface area contributed by atoms with Crippen LogP contribution >= 0.6 is 34.8 Å². The van der Waals surface area contributed by atoms with Crippen LogP contribution in [0.5, 0.6) is 0 Å². The van der Waals surface area contributed by atoms with Crippen molar-refractivity contribution in [3.63, 3.8) is 0 Å². The van der Waals surface area contributed by atoms with E-state index in [-0.39, 0.29) is 31.3 Å². The molecule has 0 unspecified atom stereocenters. The van der Waals surface area contributed by atoms with Crippen molar-refractivity contribution in [2.24, 2.45) is 0 Å². The molecule has 0 saturated heterocycles. The van der Waals surface area contributed by atoms with E-state index >= 15 is 0 Å². The molecule has 21 heavy (non-hydrogen) atoms. The summed E-state index contributed by atoms with van der Waals surface area (Å²) in [6.07, 6.45) is 0. The van der Waals surface area contributed by atoms with E-state index in [1.807, 2.05) is 0 Å². The Balaban J connectivity index is 2.56. The smallest absolute Gasteiger partial charge is 0.265 e. The Morgan fingerprint density at radius 2 is 1.71 bits per heavy atom. The number of halogens is 3. The van der Waals surface area contributed by atoms with Crippen LogP contribution in [0.25, 0.3) is 0 Å². The van der Waals surface area contributed by atoms with Gasteiger partial charge < -0.3 is 5.73 Å². The van der Waals surface area contributed by atoms with Crippen molar-refractivity contribution < 1.29 is 8.42 Å². The average Bonchev–Trinajstić information content (AvgIpc) is 2.39.